The van der Waals surface area contributed by atoms with E-state index < -0.39 is 17.1 Å². The van der Waals surface area contributed by atoms with E-state index in [0.717, 1.165) is 38.9 Å². The zero-order chi connectivity index (χ0) is 28.1. The Hall–Kier alpha value is -4.37. The number of carbonyl (C=O) groups is 4. The molecule has 1 aliphatic rings. The molecule has 3 aromatic carbocycles. The van der Waals surface area contributed by atoms with E-state index in [-0.39, 0.29) is 24.0 Å². The summed E-state index contributed by atoms with van der Waals surface area (Å²) in [5.74, 6) is -0.772. The summed E-state index contributed by atoms with van der Waals surface area (Å²) in [6.45, 7) is 7.31. The number of amides is 4. The van der Waals surface area contributed by atoms with Crippen molar-refractivity contribution in [3.63, 3.8) is 0 Å². The molecule has 4 rings (SSSR count). The van der Waals surface area contributed by atoms with Crippen LogP contribution >= 0.6 is 11.8 Å². The van der Waals surface area contributed by atoms with Gasteiger partial charge in [-0.1, -0.05) is 24.3 Å². The van der Waals surface area contributed by atoms with Crippen LogP contribution in [-0.2, 0) is 14.4 Å². The number of nitrogens with one attached hydrogen (secondary N) is 2. The van der Waals surface area contributed by atoms with E-state index in [1.165, 1.54) is 0 Å². The van der Waals surface area contributed by atoms with Gasteiger partial charge in [-0.3, -0.25) is 24.1 Å². The fourth-order valence-electron chi connectivity index (χ4n) is 4.00. The first-order valence-electron chi connectivity index (χ1n) is 12.3. The number of rotatable bonds is 8. The lowest BCUT2D eigenvalue weighted by molar-refractivity contribution is -0.127. The molecule has 0 unspecified atom stereocenters. The number of anilines is 2. The van der Waals surface area contributed by atoms with Gasteiger partial charge >= 0.3 is 0 Å². The number of aryl methyl sites for hydroxylation is 4. The Labute approximate surface area is 231 Å². The number of thioether (sulfide) groups is 1. The van der Waals surface area contributed by atoms with Gasteiger partial charge < -0.3 is 15.4 Å². The molecule has 3 aromatic rings. The summed E-state index contributed by atoms with van der Waals surface area (Å²) < 4.78 is 5.57. The minimum absolute atomic E-state index is 0.157. The quantitative estimate of drug-likeness (QED) is 0.358. The van der Waals surface area contributed by atoms with Crippen molar-refractivity contribution >= 4 is 52.2 Å². The number of hydrogen-bond donors (Lipinski definition) is 2. The second-order valence-corrected chi connectivity index (χ2v) is 10.4. The van der Waals surface area contributed by atoms with Crippen LogP contribution in [0.5, 0.6) is 5.75 Å². The van der Waals surface area contributed by atoms with Gasteiger partial charge in [0, 0.05) is 11.4 Å². The zero-order valence-corrected chi connectivity index (χ0v) is 23.0. The highest BCUT2D eigenvalue weighted by molar-refractivity contribution is 8.18. The van der Waals surface area contributed by atoms with Crippen molar-refractivity contribution in [1.82, 2.24) is 4.90 Å². The Morgan fingerprint density at radius 3 is 2.15 bits per heavy atom. The maximum atomic E-state index is 12.8. The van der Waals surface area contributed by atoms with Crippen molar-refractivity contribution < 1.29 is 23.9 Å². The third-order valence-corrected chi connectivity index (χ3v) is 6.93. The molecule has 2 N–H and O–H groups in total. The third kappa shape index (κ3) is 7.36. The summed E-state index contributed by atoms with van der Waals surface area (Å²) in [4.78, 5) is 51.1. The highest BCUT2D eigenvalue weighted by Crippen LogP contribution is 2.32. The average Bonchev–Trinajstić information content (AvgIpc) is 3.12. The van der Waals surface area contributed by atoms with Crippen molar-refractivity contribution in [2.75, 3.05) is 23.8 Å². The van der Waals surface area contributed by atoms with Crippen LogP contribution in [0.4, 0.5) is 16.2 Å². The summed E-state index contributed by atoms with van der Waals surface area (Å²) in [6.07, 6.45) is 1.59. The van der Waals surface area contributed by atoms with Crippen LogP contribution in [-0.4, -0.2) is 41.0 Å². The van der Waals surface area contributed by atoms with E-state index in [1.54, 1.807) is 30.3 Å². The van der Waals surface area contributed by atoms with Gasteiger partial charge in [0.1, 0.15) is 12.3 Å². The molecule has 1 heterocycles. The van der Waals surface area contributed by atoms with Gasteiger partial charge in [0.15, 0.2) is 6.61 Å². The zero-order valence-electron chi connectivity index (χ0n) is 22.2. The number of ether oxygens (including phenoxy) is 1. The van der Waals surface area contributed by atoms with E-state index in [9.17, 15) is 19.2 Å². The second-order valence-electron chi connectivity index (χ2n) is 9.40. The van der Waals surface area contributed by atoms with Crippen LogP contribution in [0, 0.1) is 27.7 Å². The predicted molar refractivity (Wildman–Crippen MR) is 154 cm³/mol. The lowest BCUT2D eigenvalue weighted by atomic mass is 10.1. The average molecular weight is 544 g/mol. The molecule has 8 nitrogen and oxygen atoms in total. The van der Waals surface area contributed by atoms with Gasteiger partial charge in [0.25, 0.3) is 17.1 Å². The van der Waals surface area contributed by atoms with Crippen LogP contribution in [0.25, 0.3) is 6.08 Å². The summed E-state index contributed by atoms with van der Waals surface area (Å²) in [7, 11) is 0. The molecule has 1 fully saturated rings. The van der Waals surface area contributed by atoms with Crippen LogP contribution in [0.3, 0.4) is 0 Å². The normalized spacial score (nSPS) is 14.1. The Morgan fingerprint density at radius 2 is 1.49 bits per heavy atom. The van der Waals surface area contributed by atoms with Crippen molar-refractivity contribution in [3.05, 3.63) is 93.4 Å². The molecule has 1 aliphatic heterocycles. The Balaban J connectivity index is 1.31. The smallest absolute Gasteiger partial charge is 0.294 e. The standard InChI is InChI=1S/C30H29N3O5S/c1-18-11-19(2)13-24(12-18)32-27(34)16-33-29(36)26(39-30(33)37)15-22-6-9-25(10-7-22)38-17-28(35)31-23-8-5-20(3)21(4)14-23/h5-15H,16-17H2,1-4H3,(H,31,35)(H,32,34)/b26-15-. The molecular weight excluding hydrogens is 514 g/mol. The van der Waals surface area contributed by atoms with Crippen LogP contribution in [0.2, 0.25) is 0 Å². The highest BCUT2D eigenvalue weighted by atomic mass is 32.2. The Kier molecular flexibility index (Phi) is 8.51. The molecule has 0 radical (unpaired) electrons. The number of benzene rings is 3. The summed E-state index contributed by atoms with van der Waals surface area (Å²) in [6, 6.07) is 18.1. The van der Waals surface area contributed by atoms with Gasteiger partial charge in [-0.2, -0.15) is 0 Å². The number of nitrogens with zero attached hydrogens (tertiary/aromatic N) is 1. The first-order chi connectivity index (χ1) is 18.6. The van der Waals surface area contributed by atoms with Crippen molar-refractivity contribution in [3.8, 4) is 5.75 Å². The summed E-state index contributed by atoms with van der Waals surface area (Å²) in [5, 5.41) is 5.05. The third-order valence-electron chi connectivity index (χ3n) is 6.02. The fourth-order valence-corrected chi connectivity index (χ4v) is 4.84. The monoisotopic (exact) mass is 543 g/mol. The molecular formula is C30H29N3O5S. The maximum Gasteiger partial charge on any atom is 0.294 e. The van der Waals surface area contributed by atoms with Crippen molar-refractivity contribution in [2.24, 2.45) is 0 Å². The molecule has 0 aromatic heterocycles. The summed E-state index contributed by atoms with van der Waals surface area (Å²) >= 11 is 0.785. The van der Waals surface area contributed by atoms with Crippen LogP contribution < -0.4 is 15.4 Å². The lowest BCUT2D eigenvalue weighted by Crippen LogP contribution is -2.36. The van der Waals surface area contributed by atoms with Gasteiger partial charge in [0.2, 0.25) is 5.91 Å². The molecule has 0 aliphatic carbocycles. The minimum atomic E-state index is -0.524. The lowest BCUT2D eigenvalue weighted by Gasteiger charge is -2.13. The van der Waals surface area contributed by atoms with Gasteiger partial charge in [-0.05, 0) is 110 Å². The van der Waals surface area contributed by atoms with E-state index in [4.69, 9.17) is 4.74 Å². The number of carbonyl (C=O) groups excluding carboxylic acids is 4. The highest BCUT2D eigenvalue weighted by Gasteiger charge is 2.36. The predicted octanol–water partition coefficient (Wildman–Crippen LogP) is 5.61. The topological polar surface area (TPSA) is 105 Å². The van der Waals surface area contributed by atoms with Crippen LogP contribution in [0.1, 0.15) is 27.8 Å². The molecule has 200 valence electrons. The Morgan fingerprint density at radius 1 is 0.821 bits per heavy atom. The molecule has 0 spiro atoms. The SMILES string of the molecule is Cc1cc(C)cc(NC(=O)CN2C(=O)S/C(=C\c3ccc(OCC(=O)Nc4ccc(C)c(C)c4)cc3)C2=O)c1. The molecule has 39 heavy (non-hydrogen) atoms. The first-order valence-corrected chi connectivity index (χ1v) is 13.1. The van der Waals surface area contributed by atoms with Crippen molar-refractivity contribution in [2.45, 2.75) is 27.7 Å². The van der Waals surface area contributed by atoms with E-state index in [0.29, 0.717) is 22.7 Å². The molecule has 0 bridgehead atoms. The van der Waals surface area contributed by atoms with Crippen molar-refractivity contribution in [1.29, 1.82) is 0 Å². The summed E-state index contributed by atoms with van der Waals surface area (Å²) in [5.41, 5.74) is 6.22. The van der Waals surface area contributed by atoms with E-state index in [2.05, 4.69) is 10.6 Å². The van der Waals surface area contributed by atoms with E-state index in [1.807, 2.05) is 64.1 Å². The number of imide groups is 1. The molecule has 1 saturated heterocycles. The molecule has 4 amide bonds. The number of hydrogen-bond acceptors (Lipinski definition) is 6. The van der Waals surface area contributed by atoms with E-state index >= 15 is 0 Å². The van der Waals surface area contributed by atoms with Gasteiger partial charge in [-0.15, -0.1) is 0 Å². The Bertz CT molecular complexity index is 1460. The fraction of sp³-hybridized carbons (Fsp3) is 0.200. The maximum absolute atomic E-state index is 12.8. The van der Waals surface area contributed by atoms with Gasteiger partial charge in [0.05, 0.1) is 4.91 Å². The second kappa shape index (κ2) is 12.0. The molecule has 9 heteroatoms. The van der Waals surface area contributed by atoms with Gasteiger partial charge in [-0.25, -0.2) is 0 Å². The molecule has 0 atom stereocenters. The first kappa shape index (κ1) is 27.7. The molecule has 0 saturated carbocycles. The van der Waals surface area contributed by atoms with Crippen LogP contribution in [0.15, 0.2) is 65.6 Å². The largest absolute Gasteiger partial charge is 0.484 e. The minimum Gasteiger partial charge on any atom is -0.484 e.